The number of carbonyl (C=O) groups excluding carboxylic acids is 2. The molecular formula is C34H50Br2N2O4. The van der Waals surface area contributed by atoms with E-state index >= 15 is 0 Å². The molecule has 0 bridgehead atoms. The van der Waals surface area contributed by atoms with Gasteiger partial charge in [0.25, 0.3) is 0 Å². The highest BCUT2D eigenvalue weighted by molar-refractivity contribution is 5.89. The topological polar surface area (TPSA) is 52.6 Å². The van der Waals surface area contributed by atoms with Gasteiger partial charge < -0.3 is 52.4 Å². The van der Waals surface area contributed by atoms with E-state index in [1.165, 1.54) is 75.8 Å². The first kappa shape index (κ1) is 36.5. The van der Waals surface area contributed by atoms with Gasteiger partial charge in [0.05, 0.1) is 64.6 Å². The number of rotatable bonds is 11. The largest absolute Gasteiger partial charge is 1.00 e. The van der Waals surface area contributed by atoms with Crippen LogP contribution in [0, 0.1) is 11.8 Å². The lowest BCUT2D eigenvalue weighted by Gasteiger charge is -2.42. The van der Waals surface area contributed by atoms with Gasteiger partial charge in [0.15, 0.2) is 0 Å². The Morgan fingerprint density at radius 3 is 1.21 bits per heavy atom. The molecule has 2 aliphatic heterocycles. The third-order valence-electron chi connectivity index (χ3n) is 9.35. The first-order chi connectivity index (χ1) is 19.2. The van der Waals surface area contributed by atoms with Crippen LogP contribution in [0.2, 0.25) is 0 Å². The molecule has 0 unspecified atom stereocenters. The van der Waals surface area contributed by atoms with Gasteiger partial charge >= 0.3 is 11.9 Å². The highest BCUT2D eigenvalue weighted by Gasteiger charge is 2.33. The number of hydrogen-bond donors (Lipinski definition) is 0. The van der Waals surface area contributed by atoms with Crippen LogP contribution in [-0.2, 0) is 22.6 Å². The van der Waals surface area contributed by atoms with Crippen molar-refractivity contribution in [2.75, 3.05) is 53.5 Å². The minimum atomic E-state index is -0.237. The van der Waals surface area contributed by atoms with Gasteiger partial charge in [-0.05, 0) is 88.5 Å². The normalized spacial score (nSPS) is 25.4. The molecule has 6 nitrogen and oxygen atoms in total. The SMILES string of the molecule is CCOC(=O)c1ccc(C[N+]2(C)CCC(CCC3CC[N+](C)(Cc4ccc(C(=O)OCC)cc4)CC3)CC2)cc1.[Br-].[Br-]. The zero-order chi connectivity index (χ0) is 28.6. The van der Waals surface area contributed by atoms with Gasteiger partial charge in [0, 0.05) is 11.1 Å². The summed E-state index contributed by atoms with van der Waals surface area (Å²) >= 11 is 0. The maximum Gasteiger partial charge on any atom is 0.338 e. The van der Waals surface area contributed by atoms with Gasteiger partial charge in [0.1, 0.15) is 13.1 Å². The van der Waals surface area contributed by atoms with E-state index in [9.17, 15) is 9.59 Å². The Hall–Kier alpha value is -1.74. The zero-order valence-electron chi connectivity index (χ0n) is 26.0. The van der Waals surface area contributed by atoms with Crippen LogP contribution >= 0.6 is 0 Å². The van der Waals surface area contributed by atoms with Crippen LogP contribution in [0.5, 0.6) is 0 Å². The summed E-state index contributed by atoms with van der Waals surface area (Å²) in [4.78, 5) is 23.9. The van der Waals surface area contributed by atoms with Crippen LogP contribution in [0.1, 0.15) is 84.2 Å². The Morgan fingerprint density at radius 2 is 0.929 bits per heavy atom. The number of quaternary nitrogens is 2. The summed E-state index contributed by atoms with van der Waals surface area (Å²) in [5, 5.41) is 0. The second kappa shape index (κ2) is 16.9. The van der Waals surface area contributed by atoms with Crippen LogP contribution in [0.15, 0.2) is 48.5 Å². The van der Waals surface area contributed by atoms with Crippen LogP contribution in [0.4, 0.5) is 0 Å². The van der Waals surface area contributed by atoms with E-state index in [2.05, 4.69) is 38.4 Å². The fourth-order valence-corrected chi connectivity index (χ4v) is 6.66. The standard InChI is InChI=1S/C34H50N2O4.2BrH/c1-5-39-33(37)31-13-9-29(10-14-31)25-35(3)21-17-27(18-22-35)7-8-28-19-23-36(4,24-20-28)26-30-11-15-32(16-12-30)34(38)40-6-2;;/h9-16,27-28H,5-8,17-26H2,1-4H3;2*1H/q+2;;/p-2. The second-order valence-corrected chi connectivity index (χ2v) is 12.7. The minimum Gasteiger partial charge on any atom is -1.00 e. The van der Waals surface area contributed by atoms with Crippen molar-refractivity contribution in [1.29, 1.82) is 0 Å². The number of carbonyl (C=O) groups is 2. The van der Waals surface area contributed by atoms with Gasteiger partial charge in [-0.25, -0.2) is 9.59 Å². The number of hydrogen-bond acceptors (Lipinski definition) is 4. The average molecular weight is 711 g/mol. The van der Waals surface area contributed by atoms with E-state index in [1.54, 1.807) is 0 Å². The third-order valence-corrected chi connectivity index (χ3v) is 9.35. The van der Waals surface area contributed by atoms with Crippen LogP contribution in [-0.4, -0.2) is 74.4 Å². The number of nitrogens with zero attached hydrogens (tertiary/aromatic N) is 2. The van der Waals surface area contributed by atoms with Crippen molar-refractivity contribution in [3.63, 3.8) is 0 Å². The van der Waals surface area contributed by atoms with Crippen molar-refractivity contribution >= 4 is 11.9 Å². The molecule has 0 atom stereocenters. The summed E-state index contributed by atoms with van der Waals surface area (Å²) in [6, 6.07) is 16.0. The number of likely N-dealkylation sites (tertiary alicyclic amines) is 2. The smallest absolute Gasteiger partial charge is 0.338 e. The maximum absolute atomic E-state index is 11.9. The summed E-state index contributed by atoms with van der Waals surface area (Å²) in [6.45, 7) is 11.5. The number of halogens is 2. The molecule has 0 aliphatic carbocycles. The predicted octanol–water partition coefficient (Wildman–Crippen LogP) is 0.242. The summed E-state index contributed by atoms with van der Waals surface area (Å²) in [5.41, 5.74) is 3.87. The van der Waals surface area contributed by atoms with Crippen LogP contribution in [0.25, 0.3) is 0 Å². The molecule has 0 amide bonds. The Kier molecular flexibility index (Phi) is 14.7. The summed E-state index contributed by atoms with van der Waals surface area (Å²) < 4.78 is 12.4. The lowest BCUT2D eigenvalue weighted by atomic mass is 9.84. The Bertz CT molecular complexity index is 1020. The molecule has 0 aromatic heterocycles. The van der Waals surface area contributed by atoms with Gasteiger partial charge in [-0.3, -0.25) is 0 Å². The molecule has 2 aliphatic rings. The first-order valence-electron chi connectivity index (χ1n) is 15.4. The van der Waals surface area contributed by atoms with E-state index in [1.807, 2.05) is 38.1 Å². The van der Waals surface area contributed by atoms with Crippen molar-refractivity contribution in [2.45, 2.75) is 65.5 Å². The molecule has 42 heavy (non-hydrogen) atoms. The molecule has 8 heteroatoms. The lowest BCUT2D eigenvalue weighted by molar-refractivity contribution is -0.928. The summed E-state index contributed by atoms with van der Waals surface area (Å²) in [6.07, 6.45) is 8.02. The summed E-state index contributed by atoms with van der Waals surface area (Å²) in [7, 11) is 4.78. The van der Waals surface area contributed by atoms with Gasteiger partial charge in [-0.15, -0.1) is 0 Å². The van der Waals surface area contributed by atoms with Gasteiger partial charge in [-0.2, -0.15) is 0 Å². The fraction of sp³-hybridized carbons (Fsp3) is 0.588. The van der Waals surface area contributed by atoms with E-state index < -0.39 is 0 Å². The van der Waals surface area contributed by atoms with E-state index in [4.69, 9.17) is 9.47 Å². The van der Waals surface area contributed by atoms with Crippen LogP contribution in [0.3, 0.4) is 0 Å². The maximum atomic E-state index is 11.9. The van der Waals surface area contributed by atoms with Crippen molar-refractivity contribution in [3.8, 4) is 0 Å². The summed E-state index contributed by atoms with van der Waals surface area (Å²) in [5.74, 6) is 1.24. The second-order valence-electron chi connectivity index (χ2n) is 12.7. The molecule has 2 saturated heterocycles. The predicted molar refractivity (Wildman–Crippen MR) is 159 cm³/mol. The van der Waals surface area contributed by atoms with Crippen molar-refractivity contribution in [1.82, 2.24) is 0 Å². The molecule has 2 aromatic rings. The third kappa shape index (κ3) is 10.5. The van der Waals surface area contributed by atoms with E-state index in [0.29, 0.717) is 24.3 Å². The number of ether oxygens (including phenoxy) is 2. The highest BCUT2D eigenvalue weighted by Crippen LogP contribution is 2.33. The molecule has 234 valence electrons. The molecule has 0 spiro atoms. The van der Waals surface area contributed by atoms with Crippen LogP contribution < -0.4 is 34.0 Å². The van der Waals surface area contributed by atoms with Gasteiger partial charge in [0.2, 0.25) is 0 Å². The fourth-order valence-electron chi connectivity index (χ4n) is 6.66. The molecule has 0 radical (unpaired) electrons. The number of piperidine rings is 2. The van der Waals surface area contributed by atoms with Crippen molar-refractivity contribution < 1.29 is 62.0 Å². The number of benzene rings is 2. The molecule has 0 saturated carbocycles. The van der Waals surface area contributed by atoms with Gasteiger partial charge in [-0.1, -0.05) is 24.3 Å². The zero-order valence-corrected chi connectivity index (χ0v) is 29.1. The highest BCUT2D eigenvalue weighted by atomic mass is 79.9. The molecular weight excluding hydrogens is 660 g/mol. The first-order valence-corrected chi connectivity index (χ1v) is 15.4. The molecule has 0 N–H and O–H groups in total. The minimum absolute atomic E-state index is 0. The van der Waals surface area contributed by atoms with E-state index in [0.717, 1.165) is 33.9 Å². The van der Waals surface area contributed by atoms with Crippen molar-refractivity contribution in [2.24, 2.45) is 11.8 Å². The van der Waals surface area contributed by atoms with E-state index in [-0.39, 0.29) is 45.9 Å². The average Bonchev–Trinajstić information content (AvgIpc) is 2.94. The lowest BCUT2D eigenvalue weighted by Crippen LogP contribution is -3.00. The molecule has 2 aromatic carbocycles. The Labute approximate surface area is 274 Å². The monoisotopic (exact) mass is 708 g/mol. The number of esters is 2. The Balaban J connectivity index is 0.00000308. The molecule has 2 fully saturated rings. The molecule has 4 rings (SSSR count). The quantitative estimate of drug-likeness (QED) is 0.248. The van der Waals surface area contributed by atoms with Crippen molar-refractivity contribution in [3.05, 3.63) is 70.8 Å². The molecule has 2 heterocycles. The Morgan fingerprint density at radius 1 is 0.619 bits per heavy atom.